The molecule has 1 aromatic carbocycles. The summed E-state index contributed by atoms with van der Waals surface area (Å²) >= 11 is 0. The quantitative estimate of drug-likeness (QED) is 0.659. The number of ether oxygens (including phenoxy) is 4. The van der Waals surface area contributed by atoms with Crippen LogP contribution in [0.3, 0.4) is 0 Å². The van der Waals surface area contributed by atoms with Crippen LogP contribution in [0.5, 0.6) is 17.2 Å². The fourth-order valence-corrected chi connectivity index (χ4v) is 4.98. The molecule has 3 aliphatic heterocycles. The lowest BCUT2D eigenvalue weighted by Crippen LogP contribution is -2.41. The standard InChI is InChI=1S/C23H24N2O7/c1-28-16-9-13(10-17(29-2)20(16)30-3)24-21(26)18-15-6-7-23(32-15)12-25(22(27)19(18)23)11-14-5-4-8-31-14/h4-10,15,18-19H,11-12H2,1-3H3,(H,24,26)/t15-,18-,19-,23+/m1/s1. The molecule has 5 rings (SSSR count). The molecule has 2 aromatic rings. The normalized spacial score (nSPS) is 27.5. The van der Waals surface area contributed by atoms with Crippen molar-refractivity contribution in [3.05, 3.63) is 48.4 Å². The number of hydrogen-bond donors (Lipinski definition) is 1. The lowest BCUT2D eigenvalue weighted by atomic mass is 9.77. The molecule has 2 saturated heterocycles. The van der Waals surface area contributed by atoms with E-state index >= 15 is 0 Å². The third-order valence-corrected chi connectivity index (χ3v) is 6.34. The van der Waals surface area contributed by atoms with E-state index in [1.54, 1.807) is 29.4 Å². The van der Waals surface area contributed by atoms with Gasteiger partial charge in [0.2, 0.25) is 17.6 Å². The number of methoxy groups -OCH3 is 3. The molecule has 0 unspecified atom stereocenters. The zero-order chi connectivity index (χ0) is 22.5. The minimum absolute atomic E-state index is 0.113. The van der Waals surface area contributed by atoms with Crippen molar-refractivity contribution in [3.63, 3.8) is 0 Å². The van der Waals surface area contributed by atoms with Crippen LogP contribution in [0.4, 0.5) is 5.69 Å². The van der Waals surface area contributed by atoms with E-state index in [-0.39, 0.29) is 11.8 Å². The molecule has 32 heavy (non-hydrogen) atoms. The molecule has 1 aromatic heterocycles. The van der Waals surface area contributed by atoms with Crippen LogP contribution in [-0.2, 0) is 20.9 Å². The molecule has 2 amide bonds. The Kier molecular flexibility index (Phi) is 4.85. The van der Waals surface area contributed by atoms with Gasteiger partial charge in [0, 0.05) is 17.8 Å². The van der Waals surface area contributed by atoms with Crippen molar-refractivity contribution in [1.29, 1.82) is 0 Å². The molecule has 0 aliphatic carbocycles. The monoisotopic (exact) mass is 440 g/mol. The van der Waals surface area contributed by atoms with Crippen LogP contribution in [0.25, 0.3) is 0 Å². The molecular weight excluding hydrogens is 416 g/mol. The van der Waals surface area contributed by atoms with Gasteiger partial charge in [-0.25, -0.2) is 0 Å². The number of nitrogens with zero attached hydrogens (tertiary/aromatic N) is 1. The van der Waals surface area contributed by atoms with Gasteiger partial charge in [0.25, 0.3) is 0 Å². The van der Waals surface area contributed by atoms with Crippen molar-refractivity contribution in [1.82, 2.24) is 4.90 Å². The highest BCUT2D eigenvalue weighted by atomic mass is 16.5. The summed E-state index contributed by atoms with van der Waals surface area (Å²) in [6.45, 7) is 0.728. The van der Waals surface area contributed by atoms with Gasteiger partial charge in [-0.15, -0.1) is 0 Å². The molecule has 1 N–H and O–H groups in total. The molecule has 1 spiro atoms. The average Bonchev–Trinajstić information content (AvgIpc) is 3.56. The molecule has 2 bridgehead atoms. The van der Waals surface area contributed by atoms with Gasteiger partial charge in [-0.05, 0) is 12.1 Å². The van der Waals surface area contributed by atoms with E-state index in [1.165, 1.54) is 21.3 Å². The Morgan fingerprint density at radius 3 is 2.59 bits per heavy atom. The highest BCUT2D eigenvalue weighted by Crippen LogP contribution is 2.52. The summed E-state index contributed by atoms with van der Waals surface area (Å²) in [5.74, 6) is 0.313. The molecular formula is C23H24N2O7. The Morgan fingerprint density at radius 1 is 1.22 bits per heavy atom. The predicted molar refractivity (Wildman–Crippen MR) is 113 cm³/mol. The topological polar surface area (TPSA) is 99.5 Å². The third kappa shape index (κ3) is 3.03. The molecule has 168 valence electrons. The molecule has 2 fully saturated rings. The van der Waals surface area contributed by atoms with Crippen molar-refractivity contribution < 1.29 is 33.0 Å². The number of fused-ring (bicyclic) bond motifs is 1. The van der Waals surface area contributed by atoms with E-state index in [2.05, 4.69) is 5.32 Å². The second-order valence-electron chi connectivity index (χ2n) is 8.08. The first-order valence-corrected chi connectivity index (χ1v) is 10.3. The van der Waals surface area contributed by atoms with Crippen LogP contribution in [0.1, 0.15) is 5.76 Å². The Balaban J connectivity index is 1.39. The van der Waals surface area contributed by atoms with E-state index in [1.807, 2.05) is 18.2 Å². The van der Waals surface area contributed by atoms with Gasteiger partial charge < -0.3 is 33.6 Å². The predicted octanol–water partition coefficient (Wildman–Crippen LogP) is 2.23. The summed E-state index contributed by atoms with van der Waals surface area (Å²) in [7, 11) is 4.52. The number of nitrogens with one attached hydrogen (secondary N) is 1. The summed E-state index contributed by atoms with van der Waals surface area (Å²) in [6, 6.07) is 6.91. The first-order chi connectivity index (χ1) is 15.5. The first kappa shape index (κ1) is 20.4. The van der Waals surface area contributed by atoms with Crippen molar-refractivity contribution >= 4 is 17.5 Å². The molecule has 4 atom stereocenters. The van der Waals surface area contributed by atoms with Crippen LogP contribution in [0.2, 0.25) is 0 Å². The van der Waals surface area contributed by atoms with Gasteiger partial charge in [-0.3, -0.25) is 9.59 Å². The summed E-state index contributed by atoms with van der Waals surface area (Å²) in [6.07, 6.45) is 4.92. The number of amides is 2. The van der Waals surface area contributed by atoms with Crippen molar-refractivity contribution in [2.24, 2.45) is 11.8 Å². The fraction of sp³-hybridized carbons (Fsp3) is 0.391. The van der Waals surface area contributed by atoms with Crippen molar-refractivity contribution in [2.45, 2.75) is 18.2 Å². The van der Waals surface area contributed by atoms with Crippen LogP contribution < -0.4 is 19.5 Å². The summed E-state index contributed by atoms with van der Waals surface area (Å²) in [5, 5.41) is 2.90. The summed E-state index contributed by atoms with van der Waals surface area (Å²) in [4.78, 5) is 28.3. The zero-order valence-electron chi connectivity index (χ0n) is 18.0. The van der Waals surface area contributed by atoms with E-state index < -0.39 is 23.5 Å². The maximum atomic E-state index is 13.3. The second-order valence-corrected chi connectivity index (χ2v) is 8.08. The molecule has 9 nitrogen and oxygen atoms in total. The number of rotatable bonds is 7. The molecule has 0 radical (unpaired) electrons. The number of likely N-dealkylation sites (tertiary alicyclic amines) is 1. The van der Waals surface area contributed by atoms with Crippen LogP contribution >= 0.6 is 0 Å². The largest absolute Gasteiger partial charge is 0.493 e. The number of benzene rings is 1. The number of carbonyl (C=O) groups is 2. The summed E-state index contributed by atoms with van der Waals surface area (Å²) in [5.41, 5.74) is -0.311. The fourth-order valence-electron chi connectivity index (χ4n) is 4.98. The van der Waals surface area contributed by atoms with Crippen molar-refractivity contribution in [2.75, 3.05) is 33.2 Å². The number of furan rings is 1. The van der Waals surface area contributed by atoms with Crippen LogP contribution in [0, 0.1) is 11.8 Å². The first-order valence-electron chi connectivity index (χ1n) is 10.3. The molecule has 4 heterocycles. The lowest BCUT2D eigenvalue weighted by Gasteiger charge is -2.23. The Hall–Kier alpha value is -3.46. The maximum Gasteiger partial charge on any atom is 0.231 e. The minimum Gasteiger partial charge on any atom is -0.493 e. The van der Waals surface area contributed by atoms with Gasteiger partial charge in [-0.2, -0.15) is 0 Å². The van der Waals surface area contributed by atoms with Gasteiger partial charge in [0.05, 0.1) is 58.6 Å². The Bertz CT molecular complexity index is 1060. The average molecular weight is 440 g/mol. The van der Waals surface area contributed by atoms with Crippen molar-refractivity contribution in [3.8, 4) is 17.2 Å². The number of anilines is 1. The smallest absolute Gasteiger partial charge is 0.231 e. The zero-order valence-corrected chi connectivity index (χ0v) is 18.0. The molecule has 3 aliphatic rings. The van der Waals surface area contributed by atoms with Gasteiger partial charge >= 0.3 is 0 Å². The van der Waals surface area contributed by atoms with E-state index in [0.29, 0.717) is 41.8 Å². The molecule has 9 heteroatoms. The minimum atomic E-state index is -0.786. The van der Waals surface area contributed by atoms with Gasteiger partial charge in [0.1, 0.15) is 11.4 Å². The highest BCUT2D eigenvalue weighted by Gasteiger charge is 2.66. The highest BCUT2D eigenvalue weighted by molar-refractivity contribution is 5.99. The SMILES string of the molecule is COc1cc(NC(=O)[C@@H]2[C@H]3C=C[C@@]4(CN(Cc5ccco5)C(=O)[C@@H]24)O3)cc(OC)c1OC. The van der Waals surface area contributed by atoms with E-state index in [0.717, 1.165) is 0 Å². The molecule has 0 saturated carbocycles. The second kappa shape index (κ2) is 7.59. The van der Waals surface area contributed by atoms with Gasteiger partial charge in [0.15, 0.2) is 11.5 Å². The third-order valence-electron chi connectivity index (χ3n) is 6.34. The summed E-state index contributed by atoms with van der Waals surface area (Å²) < 4.78 is 27.6. The van der Waals surface area contributed by atoms with Gasteiger partial charge in [-0.1, -0.05) is 12.2 Å². The van der Waals surface area contributed by atoms with E-state index in [9.17, 15) is 9.59 Å². The van der Waals surface area contributed by atoms with Crippen LogP contribution in [0.15, 0.2) is 47.1 Å². The van der Waals surface area contributed by atoms with Crippen LogP contribution in [-0.4, -0.2) is 56.3 Å². The Labute approximate surface area is 184 Å². The van der Waals surface area contributed by atoms with E-state index in [4.69, 9.17) is 23.4 Å². The number of hydrogen-bond acceptors (Lipinski definition) is 7. The number of carbonyl (C=O) groups excluding carboxylic acids is 2. The maximum absolute atomic E-state index is 13.3. The Morgan fingerprint density at radius 2 is 1.97 bits per heavy atom. The lowest BCUT2D eigenvalue weighted by molar-refractivity contribution is -0.136.